The highest BCUT2D eigenvalue weighted by Gasteiger charge is 2.23. The van der Waals surface area contributed by atoms with Crippen LogP contribution < -0.4 is 10.6 Å². The van der Waals surface area contributed by atoms with Crippen molar-refractivity contribution in [2.24, 2.45) is 0 Å². The largest absolute Gasteiger partial charge is 0.448 e. The number of imide groups is 1. The first-order chi connectivity index (χ1) is 12.0. The Hall–Kier alpha value is -2.83. The smallest absolute Gasteiger partial charge is 0.355 e. The van der Waals surface area contributed by atoms with E-state index in [0.29, 0.717) is 0 Å². The van der Waals surface area contributed by atoms with E-state index in [1.807, 2.05) is 24.3 Å². The van der Waals surface area contributed by atoms with Gasteiger partial charge in [-0.2, -0.15) is 0 Å². The molecule has 1 aliphatic carbocycles. The fourth-order valence-corrected chi connectivity index (χ4v) is 2.97. The van der Waals surface area contributed by atoms with Gasteiger partial charge < -0.3 is 15.0 Å². The van der Waals surface area contributed by atoms with Crippen molar-refractivity contribution in [1.82, 2.24) is 15.6 Å². The molecule has 1 fully saturated rings. The van der Waals surface area contributed by atoms with Crippen LogP contribution in [0.2, 0.25) is 0 Å². The maximum Gasteiger partial charge on any atom is 0.355 e. The number of rotatable bonds is 4. The number of hydrogen-bond acceptors (Lipinski definition) is 4. The van der Waals surface area contributed by atoms with Crippen molar-refractivity contribution in [1.29, 1.82) is 0 Å². The first-order valence-electron chi connectivity index (χ1n) is 8.43. The highest BCUT2D eigenvalue weighted by Crippen LogP contribution is 2.17. The van der Waals surface area contributed by atoms with Crippen LogP contribution in [0.15, 0.2) is 30.3 Å². The van der Waals surface area contributed by atoms with E-state index in [1.54, 1.807) is 6.07 Å². The molecule has 1 aromatic heterocycles. The molecule has 1 heterocycles. The van der Waals surface area contributed by atoms with E-state index in [1.165, 1.54) is 6.92 Å². The number of fused-ring (bicyclic) bond motifs is 1. The summed E-state index contributed by atoms with van der Waals surface area (Å²) in [6.07, 6.45) is 2.93. The topological polar surface area (TPSA) is 100 Å². The summed E-state index contributed by atoms with van der Waals surface area (Å²) >= 11 is 0. The second kappa shape index (κ2) is 7.38. The summed E-state index contributed by atoms with van der Waals surface area (Å²) in [5, 5.41) is 5.84. The molecule has 0 bridgehead atoms. The fourth-order valence-electron chi connectivity index (χ4n) is 2.97. The number of hydrogen-bond donors (Lipinski definition) is 3. The average molecular weight is 343 g/mol. The van der Waals surface area contributed by atoms with Gasteiger partial charge in [0.25, 0.3) is 5.91 Å². The van der Waals surface area contributed by atoms with Gasteiger partial charge >= 0.3 is 12.0 Å². The number of esters is 1. The van der Waals surface area contributed by atoms with E-state index in [9.17, 15) is 14.4 Å². The van der Waals surface area contributed by atoms with E-state index < -0.39 is 24.0 Å². The highest BCUT2D eigenvalue weighted by molar-refractivity contribution is 5.99. The molecule has 3 N–H and O–H groups in total. The molecule has 0 radical (unpaired) electrons. The summed E-state index contributed by atoms with van der Waals surface area (Å²) in [6, 6.07) is 8.65. The molecular weight excluding hydrogens is 322 g/mol. The summed E-state index contributed by atoms with van der Waals surface area (Å²) < 4.78 is 5.14. The summed E-state index contributed by atoms with van der Waals surface area (Å²) in [7, 11) is 0. The molecular formula is C18H21N3O4. The Kier molecular flexibility index (Phi) is 5.02. The van der Waals surface area contributed by atoms with Crippen LogP contribution in [0.25, 0.3) is 10.9 Å². The molecule has 7 nitrogen and oxygen atoms in total. The number of H-pyrrole nitrogens is 1. The van der Waals surface area contributed by atoms with Crippen molar-refractivity contribution >= 4 is 28.8 Å². The van der Waals surface area contributed by atoms with Gasteiger partial charge in [-0.3, -0.25) is 10.1 Å². The lowest BCUT2D eigenvalue weighted by molar-refractivity contribution is -0.127. The van der Waals surface area contributed by atoms with Gasteiger partial charge in [-0.05, 0) is 31.9 Å². The number of ether oxygens (including phenoxy) is 1. The number of benzene rings is 1. The molecule has 0 unspecified atom stereocenters. The van der Waals surface area contributed by atoms with Crippen LogP contribution in [0.3, 0.4) is 0 Å². The van der Waals surface area contributed by atoms with Crippen LogP contribution in [-0.4, -0.2) is 35.0 Å². The minimum absolute atomic E-state index is 0.108. The Morgan fingerprint density at radius 2 is 1.92 bits per heavy atom. The third kappa shape index (κ3) is 4.17. The fraction of sp³-hybridized carbons (Fsp3) is 0.389. The van der Waals surface area contributed by atoms with E-state index in [0.717, 1.165) is 36.6 Å². The zero-order valence-corrected chi connectivity index (χ0v) is 14.0. The van der Waals surface area contributed by atoms with Crippen molar-refractivity contribution in [2.45, 2.75) is 44.8 Å². The number of aromatic nitrogens is 1. The van der Waals surface area contributed by atoms with Crippen LogP contribution in [-0.2, 0) is 9.53 Å². The van der Waals surface area contributed by atoms with Gasteiger partial charge in [0.15, 0.2) is 6.10 Å². The van der Waals surface area contributed by atoms with Gasteiger partial charge in [-0.15, -0.1) is 0 Å². The molecule has 3 rings (SSSR count). The van der Waals surface area contributed by atoms with Gasteiger partial charge in [0.05, 0.1) is 0 Å². The predicted octanol–water partition coefficient (Wildman–Crippen LogP) is 2.48. The van der Waals surface area contributed by atoms with Crippen LogP contribution in [0.5, 0.6) is 0 Å². The Bertz CT molecular complexity index is 759. The Morgan fingerprint density at radius 1 is 1.20 bits per heavy atom. The number of urea groups is 1. The molecule has 1 aliphatic rings. The van der Waals surface area contributed by atoms with E-state index >= 15 is 0 Å². The number of aromatic amines is 1. The normalized spacial score (nSPS) is 15.7. The lowest BCUT2D eigenvalue weighted by atomic mass is 10.2. The van der Waals surface area contributed by atoms with Crippen molar-refractivity contribution in [3.05, 3.63) is 36.0 Å². The number of amides is 3. The summed E-state index contributed by atoms with van der Waals surface area (Å²) in [5.41, 5.74) is 1.07. The molecule has 1 saturated carbocycles. The molecule has 0 spiro atoms. The van der Waals surface area contributed by atoms with Crippen molar-refractivity contribution in [3.8, 4) is 0 Å². The third-order valence-electron chi connectivity index (χ3n) is 4.33. The molecule has 2 aromatic rings. The van der Waals surface area contributed by atoms with Gasteiger partial charge in [-0.25, -0.2) is 9.59 Å². The van der Waals surface area contributed by atoms with E-state index in [2.05, 4.69) is 15.6 Å². The van der Waals surface area contributed by atoms with Crippen molar-refractivity contribution < 1.29 is 19.1 Å². The van der Waals surface area contributed by atoms with Crippen LogP contribution in [0.4, 0.5) is 4.79 Å². The van der Waals surface area contributed by atoms with Crippen LogP contribution in [0.1, 0.15) is 43.1 Å². The Labute approximate surface area is 145 Å². The molecule has 0 saturated heterocycles. The molecule has 0 aliphatic heterocycles. The zero-order valence-electron chi connectivity index (χ0n) is 14.0. The minimum atomic E-state index is -1.08. The zero-order chi connectivity index (χ0) is 17.8. The van der Waals surface area contributed by atoms with Gasteiger partial charge in [0, 0.05) is 16.9 Å². The average Bonchev–Trinajstić information content (AvgIpc) is 3.23. The van der Waals surface area contributed by atoms with Gasteiger partial charge in [0.2, 0.25) is 0 Å². The van der Waals surface area contributed by atoms with Gasteiger partial charge in [-0.1, -0.05) is 31.0 Å². The first-order valence-corrected chi connectivity index (χ1v) is 8.43. The monoisotopic (exact) mass is 343 g/mol. The highest BCUT2D eigenvalue weighted by atomic mass is 16.5. The lowest BCUT2D eigenvalue weighted by Crippen LogP contribution is -2.47. The first kappa shape index (κ1) is 17.0. The molecule has 7 heteroatoms. The second-order valence-electron chi connectivity index (χ2n) is 6.26. The molecule has 1 atom stereocenters. The maximum absolute atomic E-state index is 12.2. The van der Waals surface area contributed by atoms with E-state index in [-0.39, 0.29) is 11.7 Å². The third-order valence-corrected chi connectivity index (χ3v) is 4.33. The molecule has 132 valence electrons. The number of carbonyl (C=O) groups excluding carboxylic acids is 3. The molecule has 25 heavy (non-hydrogen) atoms. The summed E-state index contributed by atoms with van der Waals surface area (Å²) in [6.45, 7) is 1.43. The van der Waals surface area contributed by atoms with E-state index in [4.69, 9.17) is 4.74 Å². The van der Waals surface area contributed by atoms with Crippen LogP contribution in [0, 0.1) is 0 Å². The number of carbonyl (C=O) groups is 3. The van der Waals surface area contributed by atoms with Crippen LogP contribution >= 0.6 is 0 Å². The lowest BCUT2D eigenvalue weighted by Gasteiger charge is -2.15. The predicted molar refractivity (Wildman–Crippen MR) is 92.1 cm³/mol. The number of para-hydroxylation sites is 1. The molecule has 3 amide bonds. The summed E-state index contributed by atoms with van der Waals surface area (Å²) in [4.78, 5) is 38.9. The minimum Gasteiger partial charge on any atom is -0.448 e. The van der Waals surface area contributed by atoms with Crippen molar-refractivity contribution in [3.63, 3.8) is 0 Å². The standard InChI is InChI=1S/C18H21N3O4/c1-11(16(22)21-18(24)19-13-7-3-4-8-13)25-17(23)15-10-12-6-2-5-9-14(12)20-15/h2,5-6,9-11,13,20H,3-4,7-8H2,1H3,(H2,19,21,22,24)/t11-/m1/s1. The summed E-state index contributed by atoms with van der Waals surface area (Å²) in [5.74, 6) is -1.30. The SMILES string of the molecule is C[C@@H](OC(=O)c1cc2ccccc2[nH]1)C(=O)NC(=O)NC1CCCC1. The number of nitrogens with one attached hydrogen (secondary N) is 3. The Balaban J connectivity index is 1.53. The molecule has 1 aromatic carbocycles. The quantitative estimate of drug-likeness (QED) is 0.743. The second-order valence-corrected chi connectivity index (χ2v) is 6.26. The van der Waals surface area contributed by atoms with Gasteiger partial charge in [0.1, 0.15) is 5.69 Å². The maximum atomic E-state index is 12.2. The Morgan fingerprint density at radius 3 is 2.64 bits per heavy atom. The van der Waals surface area contributed by atoms with Crippen molar-refractivity contribution in [2.75, 3.05) is 0 Å².